The number of alkyl halides is 1. The summed E-state index contributed by atoms with van der Waals surface area (Å²) in [6, 6.07) is 0. The van der Waals surface area contributed by atoms with Crippen LogP contribution >= 0.6 is 27.7 Å². The van der Waals surface area contributed by atoms with Crippen molar-refractivity contribution in [1.82, 2.24) is 4.90 Å². The van der Waals surface area contributed by atoms with Gasteiger partial charge in [-0.25, -0.2) is 0 Å². The van der Waals surface area contributed by atoms with Gasteiger partial charge >= 0.3 is 0 Å². The van der Waals surface area contributed by atoms with E-state index in [1.54, 1.807) is 4.90 Å². The summed E-state index contributed by atoms with van der Waals surface area (Å²) in [4.78, 5) is 12.5. The average Bonchev–Trinajstić information content (AvgIpc) is 2.04. The lowest BCUT2D eigenvalue weighted by Gasteiger charge is -2.32. The summed E-state index contributed by atoms with van der Waals surface area (Å²) in [7, 11) is 0. The van der Waals surface area contributed by atoms with E-state index in [0.717, 1.165) is 0 Å². The molecule has 0 saturated carbocycles. The summed E-state index contributed by atoms with van der Waals surface area (Å²) in [6.07, 6.45) is 0.582. The molecule has 5 heteroatoms. The largest absolute Gasteiger partial charge is 0.368 e. The SMILES string of the molecule is O=C1C[C@H]2SC(O)(Br)CN12. The van der Waals surface area contributed by atoms with Crippen LogP contribution in [0.3, 0.4) is 0 Å². The highest BCUT2D eigenvalue weighted by Gasteiger charge is 2.50. The van der Waals surface area contributed by atoms with Crippen molar-refractivity contribution in [3.05, 3.63) is 0 Å². The van der Waals surface area contributed by atoms with Gasteiger partial charge in [0.2, 0.25) is 5.91 Å². The molecular weight excluding hydrogens is 218 g/mol. The van der Waals surface area contributed by atoms with E-state index in [1.807, 2.05) is 0 Å². The Bertz CT molecular complexity index is 196. The number of aliphatic hydroxyl groups is 1. The lowest BCUT2D eigenvalue weighted by atomic mass is 10.2. The van der Waals surface area contributed by atoms with Gasteiger partial charge in [0.15, 0.2) is 3.84 Å². The van der Waals surface area contributed by atoms with E-state index in [0.29, 0.717) is 13.0 Å². The van der Waals surface area contributed by atoms with E-state index in [-0.39, 0.29) is 11.3 Å². The topological polar surface area (TPSA) is 40.5 Å². The third-order valence-corrected chi connectivity index (χ3v) is 3.69. The van der Waals surface area contributed by atoms with E-state index >= 15 is 0 Å². The van der Waals surface area contributed by atoms with E-state index in [9.17, 15) is 9.90 Å². The zero-order valence-electron chi connectivity index (χ0n) is 5.08. The second-order valence-electron chi connectivity index (χ2n) is 2.49. The van der Waals surface area contributed by atoms with Crippen LogP contribution in [0.1, 0.15) is 6.42 Å². The van der Waals surface area contributed by atoms with Gasteiger partial charge < -0.3 is 10.0 Å². The molecule has 2 aliphatic rings. The molecule has 2 fully saturated rings. The van der Waals surface area contributed by atoms with Crippen LogP contribution in [0, 0.1) is 0 Å². The Kier molecular flexibility index (Phi) is 1.31. The smallest absolute Gasteiger partial charge is 0.226 e. The van der Waals surface area contributed by atoms with Gasteiger partial charge in [0.05, 0.1) is 18.3 Å². The molecule has 1 unspecified atom stereocenters. The first kappa shape index (κ1) is 6.94. The highest BCUT2D eigenvalue weighted by Crippen LogP contribution is 2.48. The number of halogens is 1. The molecule has 2 aliphatic heterocycles. The molecule has 0 radical (unpaired) electrons. The van der Waals surface area contributed by atoms with Gasteiger partial charge in [-0.3, -0.25) is 4.79 Å². The zero-order valence-corrected chi connectivity index (χ0v) is 7.48. The fraction of sp³-hybridized carbons (Fsp3) is 0.800. The maximum Gasteiger partial charge on any atom is 0.226 e. The maximum atomic E-state index is 10.8. The van der Waals surface area contributed by atoms with Gasteiger partial charge in [-0.05, 0) is 15.9 Å². The fourth-order valence-electron chi connectivity index (χ4n) is 1.18. The number of rotatable bonds is 0. The van der Waals surface area contributed by atoms with E-state index in [1.165, 1.54) is 11.8 Å². The molecule has 2 heterocycles. The standard InChI is InChI=1S/C5H6BrNO2S/c6-5(9)2-7-3(8)1-4(7)10-5/h4,9H,1-2H2/t4-,5?/m1/s1. The first-order valence-electron chi connectivity index (χ1n) is 2.97. The molecule has 2 atom stereocenters. The van der Waals surface area contributed by atoms with Crippen LogP contribution in [0.5, 0.6) is 0 Å². The lowest BCUT2D eigenvalue weighted by Crippen LogP contribution is -2.47. The van der Waals surface area contributed by atoms with Gasteiger partial charge in [-0.2, -0.15) is 0 Å². The number of carbonyl (C=O) groups excluding carboxylic acids is 1. The van der Waals surface area contributed by atoms with Crippen molar-refractivity contribution in [2.75, 3.05) is 6.54 Å². The lowest BCUT2D eigenvalue weighted by molar-refractivity contribution is -0.141. The van der Waals surface area contributed by atoms with Crippen LogP contribution in [-0.2, 0) is 4.79 Å². The van der Waals surface area contributed by atoms with Crippen LogP contribution < -0.4 is 0 Å². The van der Waals surface area contributed by atoms with Gasteiger partial charge in [0, 0.05) is 0 Å². The predicted octanol–water partition coefficient (Wildman–Crippen LogP) is 0.333. The third kappa shape index (κ3) is 0.879. The third-order valence-electron chi connectivity index (χ3n) is 1.70. The maximum absolute atomic E-state index is 10.8. The summed E-state index contributed by atoms with van der Waals surface area (Å²) >= 11 is 4.51. The Morgan fingerprint density at radius 1 is 1.90 bits per heavy atom. The monoisotopic (exact) mass is 223 g/mol. The number of fused-ring (bicyclic) bond motifs is 1. The summed E-state index contributed by atoms with van der Waals surface area (Å²) in [5.74, 6) is 0.146. The molecule has 2 saturated heterocycles. The quantitative estimate of drug-likeness (QED) is 0.476. The van der Waals surface area contributed by atoms with Crippen LogP contribution in [0.2, 0.25) is 0 Å². The molecule has 0 aromatic heterocycles. The van der Waals surface area contributed by atoms with Crippen LogP contribution in [0.15, 0.2) is 0 Å². The molecule has 0 bridgehead atoms. The van der Waals surface area contributed by atoms with E-state index in [2.05, 4.69) is 15.9 Å². The Morgan fingerprint density at radius 2 is 2.60 bits per heavy atom. The summed E-state index contributed by atoms with van der Waals surface area (Å²) in [5, 5.41) is 9.60. The zero-order chi connectivity index (χ0) is 7.35. The van der Waals surface area contributed by atoms with Crippen molar-refractivity contribution in [1.29, 1.82) is 0 Å². The fourth-order valence-corrected chi connectivity index (χ4v) is 3.27. The van der Waals surface area contributed by atoms with Gasteiger partial charge in [0.25, 0.3) is 0 Å². The highest BCUT2D eigenvalue weighted by molar-refractivity contribution is 9.11. The number of thioether (sulfide) groups is 1. The van der Waals surface area contributed by atoms with Crippen molar-refractivity contribution >= 4 is 33.6 Å². The van der Waals surface area contributed by atoms with E-state index in [4.69, 9.17) is 0 Å². The Labute approximate surface area is 70.9 Å². The number of hydrogen-bond donors (Lipinski definition) is 1. The molecule has 3 nitrogen and oxygen atoms in total. The van der Waals surface area contributed by atoms with Crippen molar-refractivity contribution in [3.8, 4) is 0 Å². The van der Waals surface area contributed by atoms with Crippen molar-refractivity contribution < 1.29 is 9.90 Å². The summed E-state index contributed by atoms with van der Waals surface area (Å²) in [5.41, 5.74) is 0. The van der Waals surface area contributed by atoms with Gasteiger partial charge in [0.1, 0.15) is 0 Å². The normalized spacial score (nSPS) is 45.2. The van der Waals surface area contributed by atoms with Crippen LogP contribution in [0.25, 0.3) is 0 Å². The molecule has 10 heavy (non-hydrogen) atoms. The van der Waals surface area contributed by atoms with Crippen molar-refractivity contribution in [3.63, 3.8) is 0 Å². The molecule has 0 aromatic rings. The highest BCUT2D eigenvalue weighted by atomic mass is 79.9. The van der Waals surface area contributed by atoms with Crippen LogP contribution in [0.4, 0.5) is 0 Å². The second-order valence-corrected chi connectivity index (χ2v) is 5.78. The molecular formula is C5H6BrNO2S. The second kappa shape index (κ2) is 1.89. The Morgan fingerprint density at radius 3 is 3.00 bits per heavy atom. The molecule has 1 amide bonds. The molecule has 56 valence electrons. The molecule has 0 spiro atoms. The minimum atomic E-state index is -0.885. The van der Waals surface area contributed by atoms with E-state index < -0.39 is 3.84 Å². The molecule has 0 aromatic carbocycles. The number of hydrogen-bond acceptors (Lipinski definition) is 3. The minimum Gasteiger partial charge on any atom is -0.368 e. The average molecular weight is 224 g/mol. The molecule has 2 rings (SSSR count). The first-order valence-corrected chi connectivity index (χ1v) is 4.64. The van der Waals surface area contributed by atoms with Crippen LogP contribution in [-0.4, -0.2) is 31.7 Å². The number of nitrogens with zero attached hydrogens (tertiary/aromatic N) is 1. The molecule has 1 N–H and O–H groups in total. The van der Waals surface area contributed by atoms with Gasteiger partial charge in [-0.15, -0.1) is 0 Å². The minimum absolute atomic E-state index is 0.146. The van der Waals surface area contributed by atoms with Crippen molar-refractivity contribution in [2.45, 2.75) is 15.6 Å². The molecule has 0 aliphatic carbocycles. The Hall–Kier alpha value is 0.260. The summed E-state index contributed by atoms with van der Waals surface area (Å²) in [6.45, 7) is 0.418. The summed E-state index contributed by atoms with van der Waals surface area (Å²) < 4.78 is -0.885. The predicted molar refractivity (Wildman–Crippen MR) is 41.6 cm³/mol. The number of β-lactam (4-membered cyclic amide) rings is 1. The number of carbonyl (C=O) groups is 1. The Balaban J connectivity index is 2.12. The number of amides is 1. The van der Waals surface area contributed by atoms with Crippen molar-refractivity contribution in [2.24, 2.45) is 0 Å². The first-order chi connectivity index (χ1) is 4.58. The van der Waals surface area contributed by atoms with Gasteiger partial charge in [-0.1, -0.05) is 11.8 Å².